The Labute approximate surface area is 98.2 Å². The topological polar surface area (TPSA) is 56.1 Å². The Kier molecular flexibility index (Phi) is 2.75. The number of fused-ring (bicyclic) bond motifs is 1. The normalized spacial score (nSPS) is 18.3. The molecule has 0 saturated carbocycles. The van der Waals surface area contributed by atoms with Gasteiger partial charge in [-0.2, -0.15) is 5.26 Å². The van der Waals surface area contributed by atoms with Crippen LogP contribution in [0.1, 0.15) is 6.92 Å². The Hall–Kier alpha value is -1.67. The molecule has 1 unspecified atom stereocenters. The van der Waals surface area contributed by atoms with Crippen molar-refractivity contribution in [3.05, 3.63) is 18.2 Å². The molecule has 1 aromatic carbocycles. The molecule has 1 N–H and O–H groups in total. The van der Waals surface area contributed by atoms with E-state index in [2.05, 4.69) is 5.32 Å². The molecule has 4 nitrogen and oxygen atoms in total. The number of rotatable bonds is 1. The van der Waals surface area contributed by atoms with Crippen LogP contribution in [0.5, 0.6) is 0 Å². The third-order valence-electron chi connectivity index (χ3n) is 2.43. The van der Waals surface area contributed by atoms with Gasteiger partial charge >= 0.3 is 0 Å². The third-order valence-corrected chi connectivity index (χ3v) is 3.61. The number of amides is 1. The summed E-state index contributed by atoms with van der Waals surface area (Å²) in [4.78, 5) is 14.0. The highest BCUT2D eigenvalue weighted by Crippen LogP contribution is 2.37. The maximum Gasteiger partial charge on any atom is 0.237 e. The molecule has 82 valence electrons. The molecule has 0 spiro atoms. The lowest BCUT2D eigenvalue weighted by Crippen LogP contribution is -2.26. The number of nitriles is 1. The van der Waals surface area contributed by atoms with Gasteiger partial charge in [-0.25, -0.2) is 0 Å². The average molecular weight is 233 g/mol. The van der Waals surface area contributed by atoms with Crippen molar-refractivity contribution in [2.75, 3.05) is 17.3 Å². The zero-order chi connectivity index (χ0) is 11.7. The van der Waals surface area contributed by atoms with Crippen molar-refractivity contribution < 1.29 is 4.79 Å². The van der Waals surface area contributed by atoms with E-state index in [9.17, 15) is 4.79 Å². The van der Waals surface area contributed by atoms with Crippen molar-refractivity contribution in [3.8, 4) is 6.19 Å². The van der Waals surface area contributed by atoms with Crippen molar-refractivity contribution in [1.29, 1.82) is 5.26 Å². The largest absolute Gasteiger partial charge is 0.324 e. The van der Waals surface area contributed by atoms with E-state index in [0.29, 0.717) is 0 Å². The lowest BCUT2D eigenvalue weighted by molar-refractivity contribution is -0.115. The lowest BCUT2D eigenvalue weighted by Gasteiger charge is -2.22. The molecule has 16 heavy (non-hydrogen) atoms. The van der Waals surface area contributed by atoms with Gasteiger partial charge in [-0.3, -0.25) is 9.69 Å². The Morgan fingerprint density at radius 3 is 3.00 bits per heavy atom. The van der Waals surface area contributed by atoms with E-state index in [1.54, 1.807) is 7.05 Å². The maximum atomic E-state index is 11.5. The number of nitrogens with one attached hydrogen (secondary N) is 1. The average Bonchev–Trinajstić information content (AvgIpc) is 2.29. The van der Waals surface area contributed by atoms with Gasteiger partial charge in [-0.05, 0) is 25.1 Å². The Balaban J connectivity index is 2.37. The van der Waals surface area contributed by atoms with Gasteiger partial charge in [0.2, 0.25) is 5.91 Å². The van der Waals surface area contributed by atoms with Crippen molar-refractivity contribution in [1.82, 2.24) is 0 Å². The van der Waals surface area contributed by atoms with Gasteiger partial charge in [-0.15, -0.1) is 11.8 Å². The van der Waals surface area contributed by atoms with E-state index in [1.165, 1.54) is 16.7 Å². The smallest absolute Gasteiger partial charge is 0.237 e. The number of hydrogen-bond acceptors (Lipinski definition) is 4. The van der Waals surface area contributed by atoms with E-state index in [-0.39, 0.29) is 11.2 Å². The molecule has 1 aromatic rings. The summed E-state index contributed by atoms with van der Waals surface area (Å²) < 4.78 is 0. The zero-order valence-corrected chi connectivity index (χ0v) is 9.84. The number of carbonyl (C=O) groups is 1. The van der Waals surface area contributed by atoms with E-state index < -0.39 is 0 Å². The third kappa shape index (κ3) is 1.84. The van der Waals surface area contributed by atoms with Gasteiger partial charge in [0.15, 0.2) is 6.19 Å². The summed E-state index contributed by atoms with van der Waals surface area (Å²) in [6, 6.07) is 5.62. The molecule has 0 bridgehead atoms. The maximum absolute atomic E-state index is 11.5. The van der Waals surface area contributed by atoms with E-state index in [1.807, 2.05) is 31.3 Å². The van der Waals surface area contributed by atoms with Crippen molar-refractivity contribution in [2.24, 2.45) is 0 Å². The van der Waals surface area contributed by atoms with E-state index in [0.717, 1.165) is 16.3 Å². The van der Waals surface area contributed by atoms with Crippen LogP contribution in [-0.2, 0) is 4.79 Å². The Morgan fingerprint density at radius 2 is 2.31 bits per heavy atom. The second-order valence-electron chi connectivity index (χ2n) is 3.59. The number of nitrogens with zero attached hydrogens (tertiary/aromatic N) is 2. The molecule has 0 aromatic heterocycles. The van der Waals surface area contributed by atoms with Gasteiger partial charge < -0.3 is 5.32 Å². The Morgan fingerprint density at radius 1 is 1.56 bits per heavy atom. The molecule has 1 aliphatic rings. The van der Waals surface area contributed by atoms with Crippen molar-refractivity contribution in [2.45, 2.75) is 17.1 Å². The van der Waals surface area contributed by atoms with Crippen molar-refractivity contribution >= 4 is 29.0 Å². The molecule has 1 atom stereocenters. The van der Waals surface area contributed by atoms with Crippen LogP contribution in [0.3, 0.4) is 0 Å². The van der Waals surface area contributed by atoms with E-state index in [4.69, 9.17) is 5.26 Å². The van der Waals surface area contributed by atoms with Gasteiger partial charge in [0.05, 0.1) is 16.6 Å². The molecule has 1 amide bonds. The second kappa shape index (κ2) is 4.06. The number of thioether (sulfide) groups is 1. The minimum atomic E-state index is -0.0629. The molecule has 0 saturated heterocycles. The number of anilines is 2. The predicted octanol–water partition coefficient (Wildman–Crippen LogP) is 2.04. The predicted molar refractivity (Wildman–Crippen MR) is 64.4 cm³/mol. The molecule has 1 aliphatic heterocycles. The summed E-state index contributed by atoms with van der Waals surface area (Å²) in [6.07, 6.45) is 2.02. The molecule has 0 aliphatic carbocycles. The summed E-state index contributed by atoms with van der Waals surface area (Å²) in [5.74, 6) is 0.00857. The highest BCUT2D eigenvalue weighted by Gasteiger charge is 2.23. The number of carbonyl (C=O) groups excluding carboxylic acids is 1. The van der Waals surface area contributed by atoms with Crippen LogP contribution in [-0.4, -0.2) is 18.2 Å². The fourth-order valence-corrected chi connectivity index (χ4v) is 2.39. The first-order chi connectivity index (χ1) is 7.61. The Bertz CT molecular complexity index is 481. The molecular weight excluding hydrogens is 222 g/mol. The quantitative estimate of drug-likeness (QED) is 0.595. The highest BCUT2D eigenvalue weighted by molar-refractivity contribution is 8.00. The molecule has 5 heteroatoms. The monoisotopic (exact) mass is 233 g/mol. The molecule has 2 rings (SSSR count). The van der Waals surface area contributed by atoms with Gasteiger partial charge in [0.25, 0.3) is 0 Å². The van der Waals surface area contributed by atoms with Crippen molar-refractivity contribution in [3.63, 3.8) is 0 Å². The first-order valence-electron chi connectivity index (χ1n) is 4.87. The lowest BCUT2D eigenvalue weighted by atomic mass is 10.2. The van der Waals surface area contributed by atoms with Crippen LogP contribution in [0.15, 0.2) is 23.1 Å². The van der Waals surface area contributed by atoms with Gasteiger partial charge in [0.1, 0.15) is 0 Å². The van der Waals surface area contributed by atoms with Gasteiger partial charge in [-0.1, -0.05) is 0 Å². The van der Waals surface area contributed by atoms with Crippen LogP contribution in [0.4, 0.5) is 11.4 Å². The summed E-state index contributed by atoms with van der Waals surface area (Å²) in [5.41, 5.74) is 1.56. The van der Waals surface area contributed by atoms with Crippen LogP contribution >= 0.6 is 11.8 Å². The summed E-state index contributed by atoms with van der Waals surface area (Å²) in [6.45, 7) is 1.87. The molecule has 0 fully saturated rings. The minimum absolute atomic E-state index is 0.00857. The van der Waals surface area contributed by atoms with Crippen LogP contribution < -0.4 is 10.2 Å². The first-order valence-corrected chi connectivity index (χ1v) is 5.75. The SMILES string of the molecule is CC1Sc2ccc(N(C)C#N)cc2NC1=O. The molecule has 1 heterocycles. The minimum Gasteiger partial charge on any atom is -0.324 e. The summed E-state index contributed by atoms with van der Waals surface area (Å²) in [7, 11) is 1.68. The highest BCUT2D eigenvalue weighted by atomic mass is 32.2. The first kappa shape index (κ1) is 10.8. The number of hydrogen-bond donors (Lipinski definition) is 1. The fraction of sp³-hybridized carbons (Fsp3) is 0.273. The zero-order valence-electron chi connectivity index (χ0n) is 9.02. The van der Waals surface area contributed by atoms with Crippen LogP contribution in [0.25, 0.3) is 0 Å². The molecule has 0 radical (unpaired) electrons. The van der Waals surface area contributed by atoms with Crippen LogP contribution in [0, 0.1) is 11.5 Å². The number of benzene rings is 1. The second-order valence-corrected chi connectivity index (χ2v) is 4.97. The fourth-order valence-electron chi connectivity index (χ4n) is 1.46. The standard InChI is InChI=1S/C11H11N3OS/c1-7-11(15)13-9-5-8(14(2)6-12)3-4-10(9)16-7/h3-5,7H,1-2H3,(H,13,15). The summed E-state index contributed by atoms with van der Waals surface area (Å²) in [5, 5.41) is 11.5. The molecular formula is C11H11N3OS. The summed E-state index contributed by atoms with van der Waals surface area (Å²) >= 11 is 1.53. The van der Waals surface area contributed by atoms with E-state index >= 15 is 0 Å². The van der Waals surface area contributed by atoms with Crippen LogP contribution in [0.2, 0.25) is 0 Å². The van der Waals surface area contributed by atoms with Gasteiger partial charge in [0, 0.05) is 11.9 Å².